The fourth-order valence-electron chi connectivity index (χ4n) is 2.84. The van der Waals surface area contributed by atoms with Crippen LogP contribution in [0, 0.1) is 23.7 Å². The van der Waals surface area contributed by atoms with Crippen LogP contribution < -0.4 is 10.2 Å². The van der Waals surface area contributed by atoms with E-state index >= 15 is 0 Å². The molecule has 104 valence electrons. The first-order valence-corrected chi connectivity index (χ1v) is 6.81. The van der Waals surface area contributed by atoms with Gasteiger partial charge in [0.25, 0.3) is 0 Å². The van der Waals surface area contributed by atoms with E-state index in [1.807, 2.05) is 0 Å². The van der Waals surface area contributed by atoms with Crippen LogP contribution in [-0.2, 0) is 36.9 Å². The maximum Gasteiger partial charge on any atom is 2.00 e. The summed E-state index contributed by atoms with van der Waals surface area (Å²) in [7, 11) is 0. The van der Waals surface area contributed by atoms with Crippen LogP contribution in [0.5, 0.6) is 0 Å². The fourth-order valence-corrected chi connectivity index (χ4v) is 2.84. The maximum absolute atomic E-state index is 10.2. The minimum atomic E-state index is -0.862. The Balaban J connectivity index is 0.000000324. The number of hydrogen-bond acceptors (Lipinski definition) is 4. The topological polar surface area (TPSA) is 80.3 Å². The molecule has 2 fully saturated rings. The molecule has 4 atom stereocenters. The Morgan fingerprint density at radius 2 is 1.11 bits per heavy atom. The Morgan fingerprint density at radius 3 is 1.21 bits per heavy atom. The third-order valence-corrected chi connectivity index (χ3v) is 4.06. The van der Waals surface area contributed by atoms with Gasteiger partial charge >= 0.3 is 27.3 Å². The number of hydrogen-bond donors (Lipinski definition) is 0. The molecule has 0 aromatic rings. The molecule has 2 aliphatic carbocycles. The van der Waals surface area contributed by atoms with E-state index < -0.39 is 11.9 Å². The fraction of sp³-hybridized carbons (Fsp3) is 0.857. The summed E-state index contributed by atoms with van der Waals surface area (Å²) in [5, 5.41) is 20.5. The van der Waals surface area contributed by atoms with Crippen LogP contribution in [0.25, 0.3) is 0 Å². The second kappa shape index (κ2) is 8.92. The molecule has 2 rings (SSSR count). The van der Waals surface area contributed by atoms with Gasteiger partial charge in [-0.3, -0.25) is 0 Å². The van der Waals surface area contributed by atoms with E-state index in [0.29, 0.717) is 11.8 Å². The summed E-state index contributed by atoms with van der Waals surface area (Å²) < 4.78 is 0. The van der Waals surface area contributed by atoms with E-state index in [1.54, 1.807) is 0 Å². The number of carboxylic acid groups (broad SMARTS) is 2. The van der Waals surface area contributed by atoms with Crippen molar-refractivity contribution in [3.8, 4) is 0 Å². The smallest absolute Gasteiger partial charge is 0.550 e. The van der Waals surface area contributed by atoms with Gasteiger partial charge in [0.1, 0.15) is 0 Å². The van der Waals surface area contributed by atoms with Crippen LogP contribution >= 0.6 is 0 Å². The Labute approximate surface area is 135 Å². The van der Waals surface area contributed by atoms with Crippen molar-refractivity contribution in [2.75, 3.05) is 0 Å². The van der Waals surface area contributed by atoms with E-state index in [0.717, 1.165) is 38.5 Å². The van der Waals surface area contributed by atoms with Gasteiger partial charge in [0.15, 0.2) is 0 Å². The molecule has 0 heterocycles. The van der Waals surface area contributed by atoms with E-state index in [2.05, 4.69) is 13.8 Å². The molecule has 0 aromatic carbocycles. The Hall–Kier alpha value is -0.138. The molecule has 0 spiro atoms. The van der Waals surface area contributed by atoms with Crippen LogP contribution in [0.1, 0.15) is 52.4 Å². The monoisotopic (exact) mass is 368 g/mol. The summed E-state index contributed by atoms with van der Waals surface area (Å²) in [6.45, 7) is 4.17. The van der Waals surface area contributed by atoms with E-state index in [9.17, 15) is 19.8 Å². The molecule has 0 aromatic heterocycles. The van der Waals surface area contributed by atoms with Crippen LogP contribution in [0.3, 0.4) is 0 Å². The summed E-state index contributed by atoms with van der Waals surface area (Å²) >= 11 is 0. The number of carbonyl (C=O) groups is 2. The molecule has 2 saturated carbocycles. The van der Waals surface area contributed by atoms with Gasteiger partial charge < -0.3 is 19.8 Å². The van der Waals surface area contributed by atoms with Crippen LogP contribution in [-0.4, -0.2) is 11.9 Å². The Bertz CT molecular complexity index is 276. The van der Waals surface area contributed by atoms with Crippen molar-refractivity contribution >= 4 is 11.9 Å². The largest absolute Gasteiger partial charge is 2.00 e. The van der Waals surface area contributed by atoms with Crippen LogP contribution in [0.4, 0.5) is 0 Å². The Kier molecular flexibility index (Phi) is 8.85. The quantitative estimate of drug-likeness (QED) is 0.660. The molecule has 0 bridgehead atoms. The molecule has 0 N–H and O–H groups in total. The van der Waals surface area contributed by atoms with Crippen molar-refractivity contribution in [3.63, 3.8) is 0 Å². The summed E-state index contributed by atoms with van der Waals surface area (Å²) in [6.07, 6.45) is 5.40. The molecule has 0 radical (unpaired) electrons. The molecular weight excluding hydrogens is 345 g/mol. The molecular formula is C14H22CdO4. The standard InChI is InChI=1S/2C7H12O2.Cd/c2*1-5-2-3-6(4-5)7(8)9;/h2*5-6H,2-4H2,1H3,(H,8,9);/q;;+2/p-2. The van der Waals surface area contributed by atoms with E-state index in [1.165, 1.54) is 0 Å². The molecule has 4 nitrogen and oxygen atoms in total. The predicted molar refractivity (Wildman–Crippen MR) is 63.0 cm³/mol. The second-order valence-corrected chi connectivity index (χ2v) is 5.87. The maximum atomic E-state index is 10.2. The zero-order valence-electron chi connectivity index (χ0n) is 11.9. The Morgan fingerprint density at radius 1 is 0.789 bits per heavy atom. The van der Waals surface area contributed by atoms with Crippen LogP contribution in [0.15, 0.2) is 0 Å². The van der Waals surface area contributed by atoms with Crippen molar-refractivity contribution in [2.24, 2.45) is 23.7 Å². The molecule has 5 heteroatoms. The molecule has 4 unspecified atom stereocenters. The number of carboxylic acids is 2. The molecule has 19 heavy (non-hydrogen) atoms. The summed E-state index contributed by atoms with van der Waals surface area (Å²) in [5.41, 5.74) is 0. The third-order valence-electron chi connectivity index (χ3n) is 4.06. The average molecular weight is 367 g/mol. The van der Waals surface area contributed by atoms with Crippen molar-refractivity contribution < 1.29 is 47.1 Å². The second-order valence-electron chi connectivity index (χ2n) is 5.87. The van der Waals surface area contributed by atoms with Gasteiger partial charge in [-0.2, -0.15) is 0 Å². The first-order valence-electron chi connectivity index (χ1n) is 6.81. The van der Waals surface area contributed by atoms with Gasteiger partial charge in [0.05, 0.1) is 0 Å². The van der Waals surface area contributed by atoms with Gasteiger partial charge in [-0.25, -0.2) is 0 Å². The minimum absolute atomic E-state index is 0. The average Bonchev–Trinajstić information content (AvgIpc) is 2.88. The van der Waals surface area contributed by atoms with Gasteiger partial charge in [-0.1, -0.05) is 26.7 Å². The first-order chi connectivity index (χ1) is 8.40. The van der Waals surface area contributed by atoms with Gasteiger partial charge in [0.2, 0.25) is 0 Å². The molecule has 0 amide bonds. The normalized spacial score (nSPS) is 32.9. The number of carbonyl (C=O) groups excluding carboxylic acids is 2. The van der Waals surface area contributed by atoms with Crippen LogP contribution in [0.2, 0.25) is 0 Å². The van der Waals surface area contributed by atoms with Crippen molar-refractivity contribution in [1.82, 2.24) is 0 Å². The predicted octanol–water partition coefficient (Wildman–Crippen LogP) is 0.343. The van der Waals surface area contributed by atoms with Gasteiger partial charge in [-0.15, -0.1) is 0 Å². The zero-order valence-corrected chi connectivity index (χ0v) is 15.9. The van der Waals surface area contributed by atoms with Crippen molar-refractivity contribution in [1.29, 1.82) is 0 Å². The van der Waals surface area contributed by atoms with Crippen molar-refractivity contribution in [3.05, 3.63) is 0 Å². The first kappa shape index (κ1) is 18.9. The number of aliphatic carboxylic acids is 2. The van der Waals surface area contributed by atoms with Crippen molar-refractivity contribution in [2.45, 2.75) is 52.4 Å². The molecule has 2 aliphatic rings. The SMILES string of the molecule is CC1CCC(C(=O)[O-])C1.CC1CCC(C(=O)[O-])C1.[Cd+2]. The molecule has 0 aliphatic heterocycles. The summed E-state index contributed by atoms with van der Waals surface area (Å²) in [4.78, 5) is 20.5. The molecule has 0 saturated heterocycles. The van der Waals surface area contributed by atoms with Gasteiger partial charge in [0, 0.05) is 11.9 Å². The minimum Gasteiger partial charge on any atom is -0.550 e. The zero-order chi connectivity index (χ0) is 13.7. The summed E-state index contributed by atoms with van der Waals surface area (Å²) in [5.74, 6) is -0.848. The summed E-state index contributed by atoms with van der Waals surface area (Å²) in [6, 6.07) is 0. The number of rotatable bonds is 2. The van der Waals surface area contributed by atoms with E-state index in [4.69, 9.17) is 0 Å². The van der Waals surface area contributed by atoms with E-state index in [-0.39, 0.29) is 39.1 Å². The third kappa shape index (κ3) is 6.72. The van der Waals surface area contributed by atoms with Gasteiger partial charge in [-0.05, 0) is 49.4 Å².